The van der Waals surface area contributed by atoms with Crippen LogP contribution in [0.2, 0.25) is 0 Å². The second-order valence-electron chi connectivity index (χ2n) is 9.37. The third kappa shape index (κ3) is 4.29. The van der Waals surface area contributed by atoms with Crippen molar-refractivity contribution in [3.05, 3.63) is 23.0 Å². The van der Waals surface area contributed by atoms with Gasteiger partial charge >= 0.3 is 5.97 Å². The number of hydrogen-bond donors (Lipinski definition) is 0. The van der Waals surface area contributed by atoms with Gasteiger partial charge in [-0.3, -0.25) is 0 Å². The topological polar surface area (TPSA) is 40.5 Å². The number of unbranched alkanes of at least 4 members (excludes halogenated alkanes) is 4. The number of aromatic nitrogens is 1. The second-order valence-corrected chi connectivity index (χ2v) is 9.78. The van der Waals surface area contributed by atoms with Gasteiger partial charge in [-0.1, -0.05) is 44.8 Å². The van der Waals surface area contributed by atoms with Gasteiger partial charge in [-0.05, 0) is 62.7 Å². The Hall–Kier alpha value is -1.36. The summed E-state index contributed by atoms with van der Waals surface area (Å²) >= 11 is 5.44. The normalized spacial score (nSPS) is 30.4. The molecule has 4 bridgehead atoms. The number of hydrogen-bond acceptors (Lipinski definition) is 4. The van der Waals surface area contributed by atoms with Crippen LogP contribution >= 0.6 is 12.2 Å². The largest absolute Gasteiger partial charge is 0.493 e. The Morgan fingerprint density at radius 2 is 1.75 bits per heavy atom. The predicted octanol–water partition coefficient (Wildman–Crippen LogP) is 5.74. The molecule has 0 aromatic carbocycles. The molecule has 0 amide bonds. The van der Waals surface area contributed by atoms with Crippen LogP contribution in [0.25, 0.3) is 0 Å². The quantitative estimate of drug-likeness (QED) is 0.389. The SMILES string of the molecule is CCCCCCCOc1ccn(OC(=O)C23CC4CC(CC(C4)C2)C3)c(=S)c1. The van der Waals surface area contributed by atoms with Gasteiger partial charge in [0.2, 0.25) is 0 Å². The van der Waals surface area contributed by atoms with Crippen molar-refractivity contribution in [3.8, 4) is 5.75 Å². The van der Waals surface area contributed by atoms with Crippen LogP contribution < -0.4 is 9.57 Å². The fourth-order valence-electron chi connectivity index (χ4n) is 6.06. The van der Waals surface area contributed by atoms with E-state index in [1.807, 2.05) is 6.07 Å². The molecule has 4 aliphatic rings. The van der Waals surface area contributed by atoms with Gasteiger partial charge in [0.15, 0.2) is 0 Å². The molecule has 1 aromatic heterocycles. The molecule has 0 spiro atoms. The standard InChI is InChI=1S/C23H33NO3S/c1-2-3-4-5-6-9-26-20-7-8-24(21(28)13-20)27-22(25)23-14-17-10-18(15-23)12-19(11-17)16-23/h7-8,13,17-19H,2-6,9-12,14-16H2,1H3. The Labute approximate surface area is 173 Å². The van der Waals surface area contributed by atoms with Crippen LogP contribution in [-0.4, -0.2) is 17.3 Å². The van der Waals surface area contributed by atoms with Gasteiger partial charge < -0.3 is 9.57 Å². The van der Waals surface area contributed by atoms with E-state index in [9.17, 15) is 4.79 Å². The van der Waals surface area contributed by atoms with Gasteiger partial charge in [-0.15, -0.1) is 0 Å². The first kappa shape index (κ1) is 19.9. The maximum atomic E-state index is 13.1. The van der Waals surface area contributed by atoms with Crippen molar-refractivity contribution in [1.29, 1.82) is 0 Å². The molecular formula is C23H33NO3S. The smallest absolute Gasteiger partial charge is 0.339 e. The summed E-state index contributed by atoms with van der Waals surface area (Å²) in [6.07, 6.45) is 14.8. The molecule has 0 saturated heterocycles. The molecule has 4 aliphatic carbocycles. The van der Waals surface area contributed by atoms with Crippen molar-refractivity contribution in [2.24, 2.45) is 23.2 Å². The summed E-state index contributed by atoms with van der Waals surface area (Å²) in [4.78, 5) is 18.9. The number of ether oxygens (including phenoxy) is 1. The van der Waals surface area contributed by atoms with Gasteiger partial charge in [0.1, 0.15) is 10.4 Å². The fraction of sp³-hybridized carbons (Fsp3) is 0.739. The lowest BCUT2D eigenvalue weighted by atomic mass is 9.49. The minimum Gasteiger partial charge on any atom is -0.493 e. The van der Waals surface area contributed by atoms with E-state index in [0.29, 0.717) is 11.2 Å². The zero-order valence-electron chi connectivity index (χ0n) is 17.0. The summed E-state index contributed by atoms with van der Waals surface area (Å²) < 4.78 is 7.74. The Morgan fingerprint density at radius 1 is 1.11 bits per heavy atom. The van der Waals surface area contributed by atoms with Crippen LogP contribution in [0, 0.1) is 27.8 Å². The molecule has 0 N–H and O–H groups in total. The minimum atomic E-state index is -0.267. The number of carbonyl (C=O) groups excluding carboxylic acids is 1. The van der Waals surface area contributed by atoms with E-state index in [-0.39, 0.29) is 11.4 Å². The van der Waals surface area contributed by atoms with E-state index >= 15 is 0 Å². The lowest BCUT2D eigenvalue weighted by Gasteiger charge is -2.54. The highest BCUT2D eigenvalue weighted by Gasteiger charge is 2.55. The Morgan fingerprint density at radius 3 is 2.36 bits per heavy atom. The van der Waals surface area contributed by atoms with Crippen LogP contribution in [0.5, 0.6) is 5.75 Å². The average Bonchev–Trinajstić information content (AvgIpc) is 2.65. The molecule has 1 heterocycles. The van der Waals surface area contributed by atoms with Crippen LogP contribution in [0.4, 0.5) is 0 Å². The van der Waals surface area contributed by atoms with Crippen LogP contribution in [0.3, 0.4) is 0 Å². The van der Waals surface area contributed by atoms with Crippen molar-refractivity contribution < 1.29 is 14.4 Å². The van der Waals surface area contributed by atoms with Gasteiger partial charge in [0.05, 0.1) is 12.0 Å². The molecule has 0 radical (unpaired) electrons. The molecule has 4 nitrogen and oxygen atoms in total. The molecular weight excluding hydrogens is 370 g/mol. The van der Waals surface area contributed by atoms with E-state index in [0.717, 1.165) is 49.2 Å². The highest BCUT2D eigenvalue weighted by molar-refractivity contribution is 7.71. The molecule has 28 heavy (non-hydrogen) atoms. The zero-order chi connectivity index (χ0) is 19.6. The minimum absolute atomic E-state index is 0.0766. The number of nitrogens with zero attached hydrogens (tertiary/aromatic N) is 1. The zero-order valence-corrected chi connectivity index (χ0v) is 17.8. The highest BCUT2D eigenvalue weighted by atomic mass is 32.1. The molecule has 5 rings (SSSR count). The third-order valence-electron chi connectivity index (χ3n) is 7.03. The van der Waals surface area contributed by atoms with E-state index in [1.165, 1.54) is 49.7 Å². The Kier molecular flexibility index (Phi) is 6.10. The van der Waals surface area contributed by atoms with Crippen molar-refractivity contribution >= 4 is 18.2 Å². The summed E-state index contributed by atoms with van der Waals surface area (Å²) in [6, 6.07) is 3.63. The first-order valence-electron chi connectivity index (χ1n) is 11.2. The van der Waals surface area contributed by atoms with Crippen LogP contribution in [0.15, 0.2) is 18.3 Å². The monoisotopic (exact) mass is 403 g/mol. The summed E-state index contributed by atoms with van der Waals surface area (Å²) in [7, 11) is 0. The van der Waals surface area contributed by atoms with Gasteiger partial charge in [-0.25, -0.2) is 4.79 Å². The summed E-state index contributed by atoms with van der Waals surface area (Å²) in [5.74, 6) is 2.84. The highest BCUT2D eigenvalue weighted by Crippen LogP contribution is 2.60. The summed E-state index contributed by atoms with van der Waals surface area (Å²) in [5.41, 5.74) is -0.267. The number of rotatable bonds is 9. The average molecular weight is 404 g/mol. The van der Waals surface area contributed by atoms with Gasteiger partial charge in [0, 0.05) is 18.3 Å². The predicted molar refractivity (Wildman–Crippen MR) is 112 cm³/mol. The number of carbonyl (C=O) groups is 1. The van der Waals surface area contributed by atoms with Crippen molar-refractivity contribution in [2.75, 3.05) is 6.61 Å². The maximum Gasteiger partial charge on any atom is 0.339 e. The lowest BCUT2D eigenvalue weighted by molar-refractivity contribution is -0.172. The lowest BCUT2D eigenvalue weighted by Crippen LogP contribution is -2.52. The summed E-state index contributed by atoms with van der Waals surface area (Å²) in [6.45, 7) is 2.92. The molecule has 5 heteroatoms. The molecule has 1 aromatic rings. The molecule has 0 atom stereocenters. The first-order valence-corrected chi connectivity index (χ1v) is 11.6. The van der Waals surface area contributed by atoms with E-state index < -0.39 is 0 Å². The van der Waals surface area contributed by atoms with Gasteiger partial charge in [-0.2, -0.15) is 4.73 Å². The second kappa shape index (κ2) is 8.56. The molecule has 0 aliphatic heterocycles. The van der Waals surface area contributed by atoms with Gasteiger partial charge in [0.25, 0.3) is 0 Å². The fourth-order valence-corrected chi connectivity index (χ4v) is 6.27. The third-order valence-corrected chi connectivity index (χ3v) is 7.32. The Bertz CT molecular complexity index is 721. The van der Waals surface area contributed by atoms with Crippen LogP contribution in [-0.2, 0) is 4.79 Å². The van der Waals surface area contributed by atoms with Crippen LogP contribution in [0.1, 0.15) is 77.6 Å². The van der Waals surface area contributed by atoms with E-state index in [1.54, 1.807) is 12.3 Å². The molecule has 4 fully saturated rings. The first-order chi connectivity index (χ1) is 13.6. The molecule has 154 valence electrons. The molecule has 4 saturated carbocycles. The molecule has 0 unspecified atom stereocenters. The maximum absolute atomic E-state index is 13.1. The van der Waals surface area contributed by atoms with E-state index in [2.05, 4.69) is 6.92 Å². The van der Waals surface area contributed by atoms with Crippen molar-refractivity contribution in [3.63, 3.8) is 0 Å². The van der Waals surface area contributed by atoms with Crippen molar-refractivity contribution in [1.82, 2.24) is 4.73 Å². The Balaban J connectivity index is 1.32. The summed E-state index contributed by atoms with van der Waals surface area (Å²) in [5, 5.41) is 0. The van der Waals surface area contributed by atoms with E-state index in [4.69, 9.17) is 21.8 Å². The van der Waals surface area contributed by atoms with Crippen molar-refractivity contribution in [2.45, 2.75) is 77.6 Å². The number of pyridine rings is 1.